The van der Waals surface area contributed by atoms with Gasteiger partial charge in [0.15, 0.2) is 5.82 Å². The fourth-order valence-corrected chi connectivity index (χ4v) is 4.74. The van der Waals surface area contributed by atoms with Gasteiger partial charge < -0.3 is 25.3 Å². The molecular weight excluding hydrogens is 471 g/mol. The average molecular weight is 495 g/mol. The molecule has 5 rings (SSSR count). The Hall–Kier alpha value is -3.60. The number of benzene rings is 2. The maximum atomic E-state index is 14.7. The fourth-order valence-electron chi connectivity index (χ4n) is 3.85. The molecule has 1 aliphatic heterocycles. The van der Waals surface area contributed by atoms with Gasteiger partial charge in [-0.1, -0.05) is 18.2 Å². The first-order valence-electron chi connectivity index (χ1n) is 11.1. The number of hydrogen-bond acceptors (Lipinski definition) is 8. The fraction of sp³-hybridized carbons (Fsp3) is 0.240. The number of fused-ring (bicyclic) bond motifs is 1. The molecule has 0 spiro atoms. The first kappa shape index (κ1) is 23.2. The number of thiophene rings is 1. The number of anilines is 2. The van der Waals surface area contributed by atoms with Crippen molar-refractivity contribution in [3.63, 3.8) is 0 Å². The van der Waals surface area contributed by atoms with Crippen LogP contribution in [0.25, 0.3) is 21.3 Å². The Morgan fingerprint density at radius 2 is 2.09 bits per heavy atom. The van der Waals surface area contributed by atoms with Crippen molar-refractivity contribution in [2.45, 2.75) is 12.5 Å². The summed E-state index contributed by atoms with van der Waals surface area (Å²) < 4.78 is 32.7. The molecule has 1 atom stereocenters. The van der Waals surface area contributed by atoms with E-state index in [4.69, 9.17) is 19.9 Å². The average Bonchev–Trinajstić information content (AvgIpc) is 3.36. The zero-order valence-electron chi connectivity index (χ0n) is 18.7. The Morgan fingerprint density at radius 1 is 1.20 bits per heavy atom. The van der Waals surface area contributed by atoms with Crippen LogP contribution < -0.4 is 15.8 Å². The first-order valence-corrected chi connectivity index (χ1v) is 12.0. The summed E-state index contributed by atoms with van der Waals surface area (Å²) in [6, 6.07) is 14.0. The van der Waals surface area contributed by atoms with E-state index in [1.807, 2.05) is 35.7 Å². The Balaban J connectivity index is 1.42. The largest absolute Gasteiger partial charge is 0.490 e. The number of nitrogens with zero attached hydrogens (tertiary/aromatic N) is 2. The second-order valence-corrected chi connectivity index (χ2v) is 8.93. The zero-order chi connectivity index (χ0) is 24.2. The van der Waals surface area contributed by atoms with Crippen LogP contribution in [0.1, 0.15) is 5.56 Å². The number of nitrogens with two attached hydrogens (primary N) is 1. The minimum absolute atomic E-state index is 0.0259. The highest BCUT2D eigenvalue weighted by Crippen LogP contribution is 2.38. The molecule has 2 aromatic carbocycles. The number of ether oxygens (including phenoxy) is 3. The van der Waals surface area contributed by atoms with Crippen molar-refractivity contribution in [3.8, 4) is 17.0 Å². The summed E-state index contributed by atoms with van der Waals surface area (Å²) in [6.07, 6.45) is -0.150. The number of primary amides is 1. The smallest absolute Gasteiger partial charge is 0.221 e. The van der Waals surface area contributed by atoms with Gasteiger partial charge in [0.1, 0.15) is 30.0 Å². The molecule has 1 fully saturated rings. The maximum absolute atomic E-state index is 14.7. The number of nitrogens with one attached hydrogen (secondary N) is 1. The molecule has 2 aromatic heterocycles. The summed E-state index contributed by atoms with van der Waals surface area (Å²) in [6.45, 7) is 2.01. The van der Waals surface area contributed by atoms with E-state index in [-0.39, 0.29) is 18.2 Å². The van der Waals surface area contributed by atoms with Crippen LogP contribution in [0.4, 0.5) is 15.9 Å². The van der Waals surface area contributed by atoms with Crippen LogP contribution in [0.5, 0.6) is 5.75 Å². The minimum atomic E-state index is -0.518. The van der Waals surface area contributed by atoms with E-state index in [0.717, 1.165) is 15.6 Å². The van der Waals surface area contributed by atoms with Crippen LogP contribution >= 0.6 is 11.3 Å². The van der Waals surface area contributed by atoms with Gasteiger partial charge in [-0.3, -0.25) is 4.79 Å². The summed E-state index contributed by atoms with van der Waals surface area (Å²) >= 11 is 1.51. The molecule has 1 saturated heterocycles. The number of carbonyl (C=O) groups is 1. The first-order chi connectivity index (χ1) is 17.1. The van der Waals surface area contributed by atoms with Crippen molar-refractivity contribution < 1.29 is 23.4 Å². The van der Waals surface area contributed by atoms with Crippen LogP contribution in [0, 0.1) is 5.82 Å². The van der Waals surface area contributed by atoms with Crippen molar-refractivity contribution in [2.24, 2.45) is 5.73 Å². The highest BCUT2D eigenvalue weighted by molar-refractivity contribution is 7.17. The van der Waals surface area contributed by atoms with E-state index in [1.165, 1.54) is 17.4 Å². The van der Waals surface area contributed by atoms with E-state index in [1.54, 1.807) is 12.1 Å². The molecule has 3 heterocycles. The molecule has 4 aromatic rings. The molecule has 1 unspecified atom stereocenters. The summed E-state index contributed by atoms with van der Waals surface area (Å²) in [5, 5.41) is 14.6. The van der Waals surface area contributed by atoms with Crippen LogP contribution in [0.3, 0.4) is 0 Å². The molecule has 0 saturated carbocycles. The molecule has 1 amide bonds. The predicted octanol–water partition coefficient (Wildman–Crippen LogP) is 4.06. The van der Waals surface area contributed by atoms with Crippen molar-refractivity contribution in [2.75, 3.05) is 31.7 Å². The van der Waals surface area contributed by atoms with Gasteiger partial charge in [-0.05, 0) is 41.3 Å². The van der Waals surface area contributed by atoms with Gasteiger partial charge in [-0.2, -0.15) is 0 Å². The van der Waals surface area contributed by atoms with E-state index in [2.05, 4.69) is 15.5 Å². The number of carbonyl (C=O) groups excluding carboxylic acids is 1. The van der Waals surface area contributed by atoms with Gasteiger partial charge in [-0.25, -0.2) is 4.39 Å². The van der Waals surface area contributed by atoms with E-state index in [9.17, 15) is 9.18 Å². The SMILES string of the molecule is NC(=O)Cc1ccc(Nc2nnc(-c3ccccc3OCC3COCCO3)c3sccc23)c(F)c1. The molecule has 8 nitrogen and oxygen atoms in total. The molecule has 1 aliphatic rings. The number of aromatic nitrogens is 2. The highest BCUT2D eigenvalue weighted by atomic mass is 32.1. The van der Waals surface area contributed by atoms with Gasteiger partial charge in [0.05, 0.1) is 36.6 Å². The molecule has 180 valence electrons. The molecule has 0 radical (unpaired) electrons. The van der Waals surface area contributed by atoms with Crippen LogP contribution in [-0.4, -0.2) is 48.6 Å². The molecule has 35 heavy (non-hydrogen) atoms. The molecule has 0 bridgehead atoms. The van der Waals surface area contributed by atoms with Gasteiger partial charge in [0.25, 0.3) is 0 Å². The molecule has 3 N–H and O–H groups in total. The lowest BCUT2D eigenvalue weighted by atomic mass is 10.1. The van der Waals surface area contributed by atoms with Gasteiger partial charge in [0, 0.05) is 10.9 Å². The van der Waals surface area contributed by atoms with Crippen LogP contribution in [0.15, 0.2) is 53.9 Å². The van der Waals surface area contributed by atoms with Gasteiger partial charge in [0.2, 0.25) is 5.91 Å². The molecular formula is C25H23FN4O4S. The summed E-state index contributed by atoms with van der Waals surface area (Å²) in [5.41, 5.74) is 7.41. The molecule has 10 heteroatoms. The topological polar surface area (TPSA) is 109 Å². The standard InChI is InChI=1S/C25H23FN4O4S/c26-19-11-15(12-22(27)31)5-6-20(19)28-25-18-7-10-35-24(18)23(29-30-25)17-3-1-2-4-21(17)34-14-16-13-32-8-9-33-16/h1-7,10-11,16H,8-9,12-14H2,(H2,27,31)(H,28,30). The lowest BCUT2D eigenvalue weighted by Gasteiger charge is -2.23. The maximum Gasteiger partial charge on any atom is 0.221 e. The Labute approximate surface area is 204 Å². The number of amides is 1. The van der Waals surface area contributed by atoms with E-state index >= 15 is 0 Å². The number of para-hydroxylation sites is 1. The van der Waals surface area contributed by atoms with Crippen molar-refractivity contribution in [3.05, 3.63) is 65.3 Å². The number of rotatable bonds is 8. The van der Waals surface area contributed by atoms with E-state index < -0.39 is 11.7 Å². The normalized spacial score (nSPS) is 15.7. The lowest BCUT2D eigenvalue weighted by Crippen LogP contribution is -2.33. The second kappa shape index (κ2) is 10.3. The monoisotopic (exact) mass is 494 g/mol. The summed E-state index contributed by atoms with van der Waals surface area (Å²) in [7, 11) is 0. The van der Waals surface area contributed by atoms with Crippen LogP contribution in [0.2, 0.25) is 0 Å². The van der Waals surface area contributed by atoms with Gasteiger partial charge in [-0.15, -0.1) is 21.5 Å². The Morgan fingerprint density at radius 3 is 2.89 bits per heavy atom. The third-order valence-electron chi connectivity index (χ3n) is 5.50. The Bertz CT molecular complexity index is 1360. The Kier molecular flexibility index (Phi) is 6.84. The quantitative estimate of drug-likeness (QED) is 0.380. The lowest BCUT2D eigenvalue weighted by molar-refractivity contribution is -0.117. The number of halogens is 1. The third kappa shape index (κ3) is 5.24. The van der Waals surface area contributed by atoms with Crippen LogP contribution in [-0.2, 0) is 20.7 Å². The van der Waals surface area contributed by atoms with Crippen molar-refractivity contribution >= 4 is 38.8 Å². The molecule has 0 aliphatic carbocycles. The third-order valence-corrected chi connectivity index (χ3v) is 6.42. The number of hydrogen-bond donors (Lipinski definition) is 2. The van der Waals surface area contributed by atoms with Crippen molar-refractivity contribution in [1.29, 1.82) is 0 Å². The summed E-state index contributed by atoms with van der Waals surface area (Å²) in [4.78, 5) is 11.1. The predicted molar refractivity (Wildman–Crippen MR) is 131 cm³/mol. The van der Waals surface area contributed by atoms with Gasteiger partial charge >= 0.3 is 0 Å². The summed E-state index contributed by atoms with van der Waals surface area (Å²) in [5.74, 6) is 0.0706. The minimum Gasteiger partial charge on any atom is -0.490 e. The van der Waals surface area contributed by atoms with E-state index in [0.29, 0.717) is 49.3 Å². The highest BCUT2D eigenvalue weighted by Gasteiger charge is 2.19. The van der Waals surface area contributed by atoms with Crippen molar-refractivity contribution in [1.82, 2.24) is 10.2 Å². The second-order valence-electron chi connectivity index (χ2n) is 8.02. The zero-order valence-corrected chi connectivity index (χ0v) is 19.5.